The fraction of sp³-hybridized carbons (Fsp3) is 0.0714. The number of fused-ring (bicyclic) bond motifs is 1. The van der Waals surface area contributed by atoms with Crippen LogP contribution in [0, 0.1) is 0 Å². The average Bonchev–Trinajstić information content (AvgIpc) is 2.86. The van der Waals surface area contributed by atoms with Gasteiger partial charge in [-0.05, 0) is 12.1 Å². The van der Waals surface area contributed by atoms with Crippen LogP contribution in [0.3, 0.4) is 0 Å². The van der Waals surface area contributed by atoms with Crippen molar-refractivity contribution in [3.8, 4) is 0 Å². The Hall–Kier alpha value is -2.49. The van der Waals surface area contributed by atoms with Crippen LogP contribution in [0.4, 0.5) is 0 Å². The number of carbonyl (C=O) groups is 1. The highest BCUT2D eigenvalue weighted by atomic mass is 16.1. The normalized spacial score (nSPS) is 10.7. The summed E-state index contributed by atoms with van der Waals surface area (Å²) in [6.45, 7) is 0.617. The maximum Gasteiger partial charge on any atom is 0.169 e. The molecule has 4 nitrogen and oxygen atoms in total. The zero-order valence-electron chi connectivity index (χ0n) is 9.65. The minimum Gasteiger partial charge on any atom is -0.331 e. The van der Waals surface area contributed by atoms with Crippen molar-refractivity contribution in [1.82, 2.24) is 14.5 Å². The van der Waals surface area contributed by atoms with Crippen molar-refractivity contribution in [2.75, 3.05) is 0 Å². The first kappa shape index (κ1) is 10.7. The molecule has 0 aliphatic heterocycles. The molecule has 18 heavy (non-hydrogen) atoms. The second-order valence-electron chi connectivity index (χ2n) is 4.08. The molecule has 3 aromatic rings. The van der Waals surface area contributed by atoms with Crippen molar-refractivity contribution in [2.24, 2.45) is 0 Å². The highest BCUT2D eigenvalue weighted by Crippen LogP contribution is 2.12. The fourth-order valence-corrected chi connectivity index (χ4v) is 1.91. The average molecular weight is 237 g/mol. The molecule has 88 valence electrons. The lowest BCUT2D eigenvalue weighted by Crippen LogP contribution is -1.99. The van der Waals surface area contributed by atoms with Crippen LogP contribution in [0.15, 0.2) is 48.9 Å². The summed E-state index contributed by atoms with van der Waals surface area (Å²) in [6.07, 6.45) is 4.09. The summed E-state index contributed by atoms with van der Waals surface area (Å²) in [7, 11) is 0. The van der Waals surface area contributed by atoms with Crippen molar-refractivity contribution in [1.29, 1.82) is 0 Å². The number of rotatable bonds is 3. The molecule has 4 heteroatoms. The van der Waals surface area contributed by atoms with Crippen LogP contribution >= 0.6 is 0 Å². The number of aromatic nitrogens is 3. The summed E-state index contributed by atoms with van der Waals surface area (Å²) in [5.74, 6) is 0. The SMILES string of the molecule is O=Cc1cn(Cc2ccc3ccccc3n2)cn1. The number of imidazole rings is 1. The van der Waals surface area contributed by atoms with Crippen molar-refractivity contribution >= 4 is 17.2 Å². The first-order chi connectivity index (χ1) is 8.85. The number of para-hydroxylation sites is 1. The van der Waals surface area contributed by atoms with E-state index < -0.39 is 0 Å². The monoisotopic (exact) mass is 237 g/mol. The lowest BCUT2D eigenvalue weighted by molar-refractivity contribution is 0.111. The van der Waals surface area contributed by atoms with Gasteiger partial charge in [-0.3, -0.25) is 9.78 Å². The van der Waals surface area contributed by atoms with Gasteiger partial charge in [-0.2, -0.15) is 0 Å². The number of hydrogen-bond acceptors (Lipinski definition) is 3. The van der Waals surface area contributed by atoms with Gasteiger partial charge in [-0.1, -0.05) is 24.3 Å². The molecule has 3 rings (SSSR count). The van der Waals surface area contributed by atoms with Crippen LogP contribution in [0.2, 0.25) is 0 Å². The van der Waals surface area contributed by atoms with Crippen LogP contribution in [0.25, 0.3) is 10.9 Å². The summed E-state index contributed by atoms with van der Waals surface area (Å²) in [5, 5.41) is 1.13. The van der Waals surface area contributed by atoms with E-state index in [-0.39, 0.29) is 0 Å². The van der Waals surface area contributed by atoms with Gasteiger partial charge in [-0.15, -0.1) is 0 Å². The topological polar surface area (TPSA) is 47.8 Å². The molecule has 0 radical (unpaired) electrons. The minimum atomic E-state index is 0.441. The van der Waals surface area contributed by atoms with Gasteiger partial charge in [0.05, 0.1) is 24.1 Å². The van der Waals surface area contributed by atoms with Crippen molar-refractivity contribution in [3.05, 3.63) is 60.3 Å². The van der Waals surface area contributed by atoms with Gasteiger partial charge in [0.15, 0.2) is 6.29 Å². The number of benzene rings is 1. The largest absolute Gasteiger partial charge is 0.331 e. The molecule has 0 bridgehead atoms. The van der Waals surface area contributed by atoms with Gasteiger partial charge in [0.1, 0.15) is 5.69 Å². The van der Waals surface area contributed by atoms with Crippen LogP contribution in [0.5, 0.6) is 0 Å². The van der Waals surface area contributed by atoms with E-state index in [2.05, 4.69) is 16.0 Å². The third-order valence-corrected chi connectivity index (χ3v) is 2.77. The Bertz CT molecular complexity index is 703. The lowest BCUT2D eigenvalue weighted by atomic mass is 10.2. The van der Waals surface area contributed by atoms with Gasteiger partial charge in [0, 0.05) is 11.6 Å². The maximum absolute atomic E-state index is 10.6. The lowest BCUT2D eigenvalue weighted by Gasteiger charge is -2.03. The summed E-state index contributed by atoms with van der Waals surface area (Å²) < 4.78 is 1.85. The Labute approximate surface area is 104 Å². The third-order valence-electron chi connectivity index (χ3n) is 2.77. The van der Waals surface area contributed by atoms with Crippen LogP contribution in [-0.4, -0.2) is 20.8 Å². The van der Waals surface area contributed by atoms with Crippen LogP contribution < -0.4 is 0 Å². The van der Waals surface area contributed by atoms with Crippen molar-refractivity contribution in [3.63, 3.8) is 0 Å². The molecule has 0 aliphatic rings. The Kier molecular flexibility index (Phi) is 2.61. The zero-order chi connectivity index (χ0) is 12.4. The molecule has 0 N–H and O–H groups in total. The fourth-order valence-electron chi connectivity index (χ4n) is 1.91. The van der Waals surface area contributed by atoms with E-state index in [0.29, 0.717) is 12.2 Å². The molecule has 0 amide bonds. The smallest absolute Gasteiger partial charge is 0.169 e. The molecular formula is C14H11N3O. The summed E-state index contributed by atoms with van der Waals surface area (Å²) >= 11 is 0. The van der Waals surface area contributed by atoms with E-state index >= 15 is 0 Å². The van der Waals surface area contributed by atoms with Crippen LogP contribution in [0.1, 0.15) is 16.2 Å². The highest BCUT2D eigenvalue weighted by molar-refractivity contribution is 5.78. The van der Waals surface area contributed by atoms with E-state index in [1.807, 2.05) is 34.9 Å². The van der Waals surface area contributed by atoms with E-state index in [1.54, 1.807) is 12.5 Å². The van der Waals surface area contributed by atoms with Gasteiger partial charge in [0.25, 0.3) is 0 Å². The quantitative estimate of drug-likeness (QED) is 0.657. The second-order valence-corrected chi connectivity index (χ2v) is 4.08. The van der Waals surface area contributed by atoms with Gasteiger partial charge < -0.3 is 4.57 Å². The summed E-state index contributed by atoms with van der Waals surface area (Å²) in [4.78, 5) is 19.1. The highest BCUT2D eigenvalue weighted by Gasteiger charge is 2.01. The Morgan fingerprint density at radius 1 is 1.17 bits per heavy atom. The molecule has 1 aromatic carbocycles. The third kappa shape index (κ3) is 2.00. The number of nitrogens with zero attached hydrogens (tertiary/aromatic N) is 3. The first-order valence-electron chi connectivity index (χ1n) is 5.67. The molecule has 0 aliphatic carbocycles. The Morgan fingerprint density at radius 2 is 2.06 bits per heavy atom. The van der Waals surface area contributed by atoms with Crippen molar-refractivity contribution in [2.45, 2.75) is 6.54 Å². The maximum atomic E-state index is 10.6. The van der Waals surface area contributed by atoms with Crippen LogP contribution in [-0.2, 0) is 6.54 Å². The first-order valence-corrected chi connectivity index (χ1v) is 5.67. The molecule has 0 atom stereocenters. The molecule has 2 heterocycles. The molecular weight excluding hydrogens is 226 g/mol. The number of carbonyl (C=O) groups excluding carboxylic acids is 1. The van der Waals surface area contributed by atoms with Crippen molar-refractivity contribution < 1.29 is 4.79 Å². The molecule has 0 saturated heterocycles. The van der Waals surface area contributed by atoms with Gasteiger partial charge >= 0.3 is 0 Å². The minimum absolute atomic E-state index is 0.441. The standard InChI is InChI=1S/C14H11N3O/c18-9-13-8-17(10-15-13)7-12-6-5-11-3-1-2-4-14(11)16-12/h1-6,8-10H,7H2. The molecule has 0 spiro atoms. The number of pyridine rings is 1. The Balaban J connectivity index is 1.92. The summed E-state index contributed by atoms with van der Waals surface area (Å²) in [5.41, 5.74) is 2.37. The van der Waals surface area contributed by atoms with Gasteiger partial charge in [-0.25, -0.2) is 4.98 Å². The summed E-state index contributed by atoms with van der Waals surface area (Å²) in [6, 6.07) is 12.0. The van der Waals surface area contributed by atoms with E-state index in [4.69, 9.17) is 0 Å². The molecule has 0 fully saturated rings. The van der Waals surface area contributed by atoms with E-state index in [9.17, 15) is 4.79 Å². The van der Waals surface area contributed by atoms with E-state index in [0.717, 1.165) is 22.9 Å². The number of hydrogen-bond donors (Lipinski definition) is 0. The van der Waals surface area contributed by atoms with E-state index in [1.165, 1.54) is 0 Å². The predicted octanol–water partition coefficient (Wildman–Crippen LogP) is 2.29. The number of aldehydes is 1. The van der Waals surface area contributed by atoms with Gasteiger partial charge in [0.2, 0.25) is 0 Å². The molecule has 2 aromatic heterocycles. The predicted molar refractivity (Wildman–Crippen MR) is 68.5 cm³/mol. The zero-order valence-corrected chi connectivity index (χ0v) is 9.65. The molecule has 0 unspecified atom stereocenters. The second kappa shape index (κ2) is 4.41. The Morgan fingerprint density at radius 3 is 2.89 bits per heavy atom. The molecule has 0 saturated carbocycles.